The van der Waals surface area contributed by atoms with Gasteiger partial charge in [-0.15, -0.1) is 17.0 Å². The Bertz CT molecular complexity index is 263. The summed E-state index contributed by atoms with van der Waals surface area (Å²) >= 11 is 0. The molecule has 1 aromatic carbocycles. The van der Waals surface area contributed by atoms with Crippen LogP contribution in [0, 0.1) is 5.41 Å². The molecule has 0 spiro atoms. The number of hydrogen-bond donors (Lipinski definition) is 3. The number of nitrogens with one attached hydrogen (secondary N) is 1. The number of aromatic hydroxyl groups is 2. The number of phenols is 2. The molecule has 0 unspecified atom stereocenters. The number of phenolic OH excluding ortho intramolecular Hbond substituents is 2. The second-order valence-corrected chi connectivity index (χ2v) is 1.89. The average Bonchev–Trinajstić information content (AvgIpc) is 1.95. The molecule has 0 aliphatic rings. The number of rotatable bonds is 1. The summed E-state index contributed by atoms with van der Waals surface area (Å²) in [6.07, 6.45) is 1.10. The molecule has 1 rings (SSSR count). The van der Waals surface area contributed by atoms with Gasteiger partial charge in [0, 0.05) is 6.21 Å². The molecule has 0 aliphatic heterocycles. The van der Waals surface area contributed by atoms with Gasteiger partial charge in [0.1, 0.15) is 0 Å². The number of benzene rings is 1. The standard InChI is InChI=1S/C7H7NO2.BrH/c8-4-5-1-2-6(9)7(10)3-5;/h1-4,8-10H;1H. The van der Waals surface area contributed by atoms with Crippen LogP contribution in [0.4, 0.5) is 0 Å². The third kappa shape index (κ3) is 2.23. The summed E-state index contributed by atoms with van der Waals surface area (Å²) in [5, 5.41) is 24.5. The van der Waals surface area contributed by atoms with Crippen LogP contribution >= 0.6 is 17.0 Å². The smallest absolute Gasteiger partial charge is 0.158 e. The van der Waals surface area contributed by atoms with Gasteiger partial charge in [0.05, 0.1) is 0 Å². The predicted octanol–water partition coefficient (Wildman–Crippen LogP) is 1.67. The summed E-state index contributed by atoms with van der Waals surface area (Å²) in [6.45, 7) is 0. The fraction of sp³-hybridized carbons (Fsp3) is 0. The van der Waals surface area contributed by atoms with Gasteiger partial charge in [-0.05, 0) is 23.8 Å². The highest BCUT2D eigenvalue weighted by molar-refractivity contribution is 8.93. The Labute approximate surface area is 74.6 Å². The molecule has 0 aliphatic carbocycles. The molecule has 1 aromatic rings. The lowest BCUT2D eigenvalue weighted by atomic mass is 10.2. The fourth-order valence-corrected chi connectivity index (χ4v) is 0.630. The Morgan fingerprint density at radius 3 is 2.27 bits per heavy atom. The molecule has 0 amide bonds. The van der Waals surface area contributed by atoms with Crippen molar-refractivity contribution in [1.82, 2.24) is 0 Å². The van der Waals surface area contributed by atoms with Gasteiger partial charge in [0.25, 0.3) is 0 Å². The van der Waals surface area contributed by atoms with Crippen LogP contribution in [0.1, 0.15) is 5.56 Å². The Kier molecular flexibility index (Phi) is 3.60. The maximum absolute atomic E-state index is 8.88. The van der Waals surface area contributed by atoms with Gasteiger partial charge in [-0.2, -0.15) is 0 Å². The summed E-state index contributed by atoms with van der Waals surface area (Å²) in [7, 11) is 0. The summed E-state index contributed by atoms with van der Waals surface area (Å²) in [6, 6.07) is 4.21. The van der Waals surface area contributed by atoms with E-state index in [2.05, 4.69) is 0 Å². The summed E-state index contributed by atoms with van der Waals surface area (Å²) in [5.74, 6) is -0.355. The van der Waals surface area contributed by atoms with Crippen molar-refractivity contribution in [3.8, 4) is 11.5 Å². The van der Waals surface area contributed by atoms with Crippen LogP contribution in [0.3, 0.4) is 0 Å². The Morgan fingerprint density at radius 1 is 1.18 bits per heavy atom. The van der Waals surface area contributed by atoms with E-state index in [0.29, 0.717) is 5.56 Å². The number of halogens is 1. The van der Waals surface area contributed by atoms with Crippen molar-refractivity contribution >= 4 is 23.2 Å². The molecule has 4 heteroatoms. The second-order valence-electron chi connectivity index (χ2n) is 1.89. The quantitative estimate of drug-likeness (QED) is 0.495. The van der Waals surface area contributed by atoms with Crippen LogP contribution in [-0.2, 0) is 0 Å². The maximum atomic E-state index is 8.88. The third-order valence-corrected chi connectivity index (χ3v) is 1.17. The van der Waals surface area contributed by atoms with Crippen molar-refractivity contribution < 1.29 is 10.2 Å². The lowest BCUT2D eigenvalue weighted by Gasteiger charge is -1.96. The first-order valence-electron chi connectivity index (χ1n) is 2.76. The van der Waals surface area contributed by atoms with E-state index in [4.69, 9.17) is 15.6 Å². The van der Waals surface area contributed by atoms with Gasteiger partial charge < -0.3 is 15.6 Å². The van der Waals surface area contributed by atoms with Crippen molar-refractivity contribution in [3.63, 3.8) is 0 Å². The van der Waals surface area contributed by atoms with E-state index in [9.17, 15) is 0 Å². The first kappa shape index (κ1) is 9.97. The van der Waals surface area contributed by atoms with Crippen LogP contribution in [0.25, 0.3) is 0 Å². The highest BCUT2D eigenvalue weighted by atomic mass is 79.9. The van der Waals surface area contributed by atoms with Crippen molar-refractivity contribution in [2.45, 2.75) is 0 Å². The predicted molar refractivity (Wildman–Crippen MR) is 48.0 cm³/mol. The molecular formula is C7H8BrNO2. The van der Waals surface area contributed by atoms with Gasteiger partial charge >= 0.3 is 0 Å². The normalized spacial score (nSPS) is 8.36. The zero-order chi connectivity index (χ0) is 7.56. The summed E-state index contributed by atoms with van der Waals surface area (Å²) < 4.78 is 0. The molecule has 0 heterocycles. The van der Waals surface area contributed by atoms with Gasteiger partial charge in [0.15, 0.2) is 11.5 Å². The highest BCUT2D eigenvalue weighted by Gasteiger charge is 1.96. The molecule has 11 heavy (non-hydrogen) atoms. The van der Waals surface area contributed by atoms with E-state index in [1.54, 1.807) is 6.07 Å². The van der Waals surface area contributed by atoms with Crippen molar-refractivity contribution in [2.24, 2.45) is 0 Å². The number of hydrogen-bond acceptors (Lipinski definition) is 3. The van der Waals surface area contributed by atoms with Gasteiger partial charge in [-0.3, -0.25) is 0 Å². The molecule has 0 saturated carbocycles. The Balaban J connectivity index is 0.000001000. The minimum absolute atomic E-state index is 0. The lowest BCUT2D eigenvalue weighted by molar-refractivity contribution is 0.403. The zero-order valence-electron chi connectivity index (χ0n) is 5.61. The molecule has 0 fully saturated rings. The molecule has 0 atom stereocenters. The van der Waals surface area contributed by atoms with Gasteiger partial charge in [-0.25, -0.2) is 0 Å². The molecule has 0 saturated heterocycles. The van der Waals surface area contributed by atoms with E-state index in [-0.39, 0.29) is 28.5 Å². The van der Waals surface area contributed by atoms with Crippen LogP contribution in [0.15, 0.2) is 18.2 Å². The largest absolute Gasteiger partial charge is 0.504 e. The molecule has 0 aromatic heterocycles. The SMILES string of the molecule is Br.N=Cc1ccc(O)c(O)c1. The minimum Gasteiger partial charge on any atom is -0.504 e. The molecular weight excluding hydrogens is 210 g/mol. The van der Waals surface area contributed by atoms with Crippen LogP contribution in [-0.4, -0.2) is 16.4 Å². The van der Waals surface area contributed by atoms with Crippen LogP contribution in [0.5, 0.6) is 11.5 Å². The van der Waals surface area contributed by atoms with E-state index in [0.717, 1.165) is 6.21 Å². The minimum atomic E-state index is -0.194. The topological polar surface area (TPSA) is 64.3 Å². The first-order chi connectivity index (χ1) is 4.74. The molecule has 3 nitrogen and oxygen atoms in total. The second kappa shape index (κ2) is 3.98. The van der Waals surface area contributed by atoms with Crippen LogP contribution in [0.2, 0.25) is 0 Å². The first-order valence-corrected chi connectivity index (χ1v) is 2.76. The van der Waals surface area contributed by atoms with E-state index >= 15 is 0 Å². The van der Waals surface area contributed by atoms with Gasteiger partial charge in [0.2, 0.25) is 0 Å². The van der Waals surface area contributed by atoms with Crippen molar-refractivity contribution in [3.05, 3.63) is 23.8 Å². The van der Waals surface area contributed by atoms with Crippen molar-refractivity contribution in [1.29, 1.82) is 5.41 Å². The van der Waals surface area contributed by atoms with Crippen molar-refractivity contribution in [2.75, 3.05) is 0 Å². The molecule has 0 bridgehead atoms. The third-order valence-electron chi connectivity index (χ3n) is 1.17. The zero-order valence-corrected chi connectivity index (χ0v) is 7.33. The lowest BCUT2D eigenvalue weighted by Crippen LogP contribution is -1.77. The molecule has 0 radical (unpaired) electrons. The van der Waals surface area contributed by atoms with Crippen LogP contribution < -0.4 is 0 Å². The average molecular weight is 218 g/mol. The highest BCUT2D eigenvalue weighted by Crippen LogP contribution is 2.23. The summed E-state index contributed by atoms with van der Waals surface area (Å²) in [5.41, 5.74) is 0.565. The van der Waals surface area contributed by atoms with E-state index < -0.39 is 0 Å². The monoisotopic (exact) mass is 217 g/mol. The summed E-state index contributed by atoms with van der Waals surface area (Å²) in [4.78, 5) is 0. The molecule has 60 valence electrons. The fourth-order valence-electron chi connectivity index (χ4n) is 0.630. The van der Waals surface area contributed by atoms with E-state index in [1.165, 1.54) is 12.1 Å². The molecule has 3 N–H and O–H groups in total. The van der Waals surface area contributed by atoms with Gasteiger partial charge in [-0.1, -0.05) is 0 Å². The van der Waals surface area contributed by atoms with E-state index in [1.807, 2.05) is 0 Å². The Morgan fingerprint density at radius 2 is 1.82 bits per heavy atom. The maximum Gasteiger partial charge on any atom is 0.158 e. The Hall–Kier alpha value is -1.03.